The lowest BCUT2D eigenvalue weighted by molar-refractivity contribution is 0.477. The largest absolute Gasteiger partial charge is 0.370 e. The van der Waals surface area contributed by atoms with Gasteiger partial charge in [-0.25, -0.2) is 13.4 Å². The van der Waals surface area contributed by atoms with Gasteiger partial charge >= 0.3 is 0 Å². The van der Waals surface area contributed by atoms with Gasteiger partial charge in [0.2, 0.25) is 10.0 Å². The van der Waals surface area contributed by atoms with E-state index in [9.17, 15) is 8.42 Å². The van der Waals surface area contributed by atoms with Crippen molar-refractivity contribution in [1.29, 1.82) is 0 Å². The van der Waals surface area contributed by atoms with E-state index >= 15 is 0 Å². The van der Waals surface area contributed by atoms with Gasteiger partial charge in [0.05, 0.1) is 11.4 Å². The molecule has 0 amide bonds. The van der Waals surface area contributed by atoms with Crippen molar-refractivity contribution < 1.29 is 8.42 Å². The highest BCUT2D eigenvalue weighted by Crippen LogP contribution is 2.21. The molecule has 0 spiro atoms. The van der Waals surface area contributed by atoms with E-state index in [4.69, 9.17) is 5.73 Å². The number of nitrogens with zero attached hydrogens (tertiary/aromatic N) is 2. The molecule has 2 aliphatic rings. The van der Waals surface area contributed by atoms with Crippen LogP contribution in [0.3, 0.4) is 0 Å². The first kappa shape index (κ1) is 20.4. The minimum atomic E-state index is -3.34. The van der Waals surface area contributed by atoms with E-state index < -0.39 is 10.0 Å². The molecule has 0 aromatic heterocycles. The predicted molar refractivity (Wildman–Crippen MR) is 111 cm³/mol. The van der Waals surface area contributed by atoms with Crippen molar-refractivity contribution in [2.45, 2.75) is 56.0 Å². The molecule has 1 aromatic carbocycles. The Balaban J connectivity index is 0.00000225. The first-order valence-electron chi connectivity index (χ1n) is 8.71. The molecule has 1 aromatic rings. The molecule has 8 heteroatoms. The summed E-state index contributed by atoms with van der Waals surface area (Å²) in [6.07, 6.45) is 6.69. The zero-order valence-electron chi connectivity index (χ0n) is 14.4. The van der Waals surface area contributed by atoms with Crippen LogP contribution in [-0.2, 0) is 16.6 Å². The summed E-state index contributed by atoms with van der Waals surface area (Å²) in [5.41, 5.74) is 6.87. The number of aliphatic imine (C=N–C) groups is 1. The van der Waals surface area contributed by atoms with Crippen LogP contribution in [0, 0.1) is 0 Å². The van der Waals surface area contributed by atoms with Crippen LogP contribution in [0.2, 0.25) is 0 Å². The highest BCUT2D eigenvalue weighted by atomic mass is 127. The molecular formula is C17H27IN4O2S. The minimum Gasteiger partial charge on any atom is -0.370 e. The zero-order valence-corrected chi connectivity index (χ0v) is 17.5. The number of rotatable bonds is 5. The van der Waals surface area contributed by atoms with Crippen LogP contribution in [-0.4, -0.2) is 37.8 Å². The van der Waals surface area contributed by atoms with Gasteiger partial charge in [-0.15, -0.1) is 24.0 Å². The maximum Gasteiger partial charge on any atom is 0.243 e. The van der Waals surface area contributed by atoms with Crippen molar-refractivity contribution >= 4 is 40.0 Å². The average molecular weight is 478 g/mol. The molecule has 2 fully saturated rings. The van der Waals surface area contributed by atoms with Gasteiger partial charge in [-0.3, -0.25) is 0 Å². The predicted octanol–water partition coefficient (Wildman–Crippen LogP) is 2.44. The third-order valence-electron chi connectivity index (χ3n) is 4.77. The van der Waals surface area contributed by atoms with Crippen molar-refractivity contribution in [3.63, 3.8) is 0 Å². The van der Waals surface area contributed by atoms with Gasteiger partial charge in [0.15, 0.2) is 5.96 Å². The van der Waals surface area contributed by atoms with Crippen LogP contribution in [0.5, 0.6) is 0 Å². The first-order chi connectivity index (χ1) is 11.6. The highest BCUT2D eigenvalue weighted by molar-refractivity contribution is 14.0. The summed E-state index contributed by atoms with van der Waals surface area (Å²) < 4.78 is 26.5. The molecular weight excluding hydrogens is 451 g/mol. The van der Waals surface area contributed by atoms with Gasteiger partial charge in [0.1, 0.15) is 0 Å². The van der Waals surface area contributed by atoms with E-state index in [1.807, 2.05) is 12.1 Å². The number of hydrogen-bond donors (Lipinski definition) is 2. The molecule has 1 heterocycles. The molecule has 1 aliphatic carbocycles. The van der Waals surface area contributed by atoms with Crippen LogP contribution < -0.4 is 11.1 Å². The summed E-state index contributed by atoms with van der Waals surface area (Å²) in [6.45, 7) is 1.70. The number of nitrogens with two attached hydrogens (primary N) is 1. The number of benzene rings is 1. The zero-order chi connectivity index (χ0) is 17.0. The van der Waals surface area contributed by atoms with Crippen LogP contribution in [0.25, 0.3) is 0 Å². The second kappa shape index (κ2) is 9.18. The van der Waals surface area contributed by atoms with Gasteiger partial charge in [-0.05, 0) is 43.4 Å². The third-order valence-corrected chi connectivity index (χ3v) is 6.68. The molecule has 6 nitrogen and oxygen atoms in total. The van der Waals surface area contributed by atoms with Crippen molar-refractivity contribution in [1.82, 2.24) is 9.62 Å². The fraction of sp³-hybridized carbons (Fsp3) is 0.588. The van der Waals surface area contributed by atoms with E-state index in [2.05, 4.69) is 10.3 Å². The molecule has 140 valence electrons. The van der Waals surface area contributed by atoms with Crippen LogP contribution in [0.4, 0.5) is 0 Å². The van der Waals surface area contributed by atoms with Crippen LogP contribution >= 0.6 is 24.0 Å². The number of sulfonamides is 1. The van der Waals surface area contributed by atoms with Gasteiger partial charge in [0.25, 0.3) is 0 Å². The molecule has 1 saturated carbocycles. The highest BCUT2D eigenvalue weighted by Gasteiger charge is 2.26. The minimum absolute atomic E-state index is 0. The Morgan fingerprint density at radius 1 is 1.12 bits per heavy atom. The van der Waals surface area contributed by atoms with Crippen LogP contribution in [0.15, 0.2) is 34.2 Å². The maximum atomic E-state index is 12.5. The standard InChI is InChI=1S/C17H26N4O2S.HI/c18-17(20-15-5-1-2-6-15)19-13-14-7-9-16(10-8-14)24(22,23)21-11-3-4-12-21;/h7-10,15H,1-6,11-13H2,(H3,18,19,20);1H. The second-order valence-corrected chi connectivity index (χ2v) is 8.52. The summed E-state index contributed by atoms with van der Waals surface area (Å²) in [7, 11) is -3.34. The fourth-order valence-corrected chi connectivity index (χ4v) is 4.86. The number of guanidine groups is 1. The lowest BCUT2D eigenvalue weighted by Gasteiger charge is -2.15. The average Bonchev–Trinajstić information content (AvgIpc) is 3.27. The molecule has 1 saturated heterocycles. The number of hydrogen-bond acceptors (Lipinski definition) is 3. The normalized spacial score (nSPS) is 19.8. The molecule has 3 N–H and O–H groups in total. The maximum absolute atomic E-state index is 12.5. The van der Waals surface area contributed by atoms with Gasteiger partial charge < -0.3 is 11.1 Å². The second-order valence-electron chi connectivity index (χ2n) is 6.58. The van der Waals surface area contributed by atoms with Gasteiger partial charge in [-0.2, -0.15) is 4.31 Å². The first-order valence-corrected chi connectivity index (χ1v) is 10.2. The summed E-state index contributed by atoms with van der Waals surface area (Å²) in [4.78, 5) is 4.71. The molecule has 0 unspecified atom stereocenters. The Morgan fingerprint density at radius 2 is 1.72 bits per heavy atom. The van der Waals surface area contributed by atoms with E-state index in [0.29, 0.717) is 36.5 Å². The summed E-state index contributed by atoms with van der Waals surface area (Å²) >= 11 is 0. The summed E-state index contributed by atoms with van der Waals surface area (Å²) in [5.74, 6) is 0.468. The number of halogens is 1. The topological polar surface area (TPSA) is 87.8 Å². The third kappa shape index (κ3) is 5.30. The Bertz CT molecular complexity index is 679. The molecule has 0 radical (unpaired) electrons. The molecule has 3 rings (SSSR count). The summed E-state index contributed by atoms with van der Waals surface area (Å²) in [5, 5.41) is 3.25. The quantitative estimate of drug-likeness (QED) is 0.387. The van der Waals surface area contributed by atoms with E-state index in [1.54, 1.807) is 16.4 Å². The Hall–Kier alpha value is -0.870. The van der Waals surface area contributed by atoms with Gasteiger partial charge in [0, 0.05) is 19.1 Å². The molecule has 0 bridgehead atoms. The van der Waals surface area contributed by atoms with Crippen LogP contribution in [0.1, 0.15) is 44.1 Å². The van der Waals surface area contributed by atoms with E-state index in [1.165, 1.54) is 12.8 Å². The fourth-order valence-electron chi connectivity index (χ4n) is 3.35. The smallest absolute Gasteiger partial charge is 0.243 e. The Morgan fingerprint density at radius 3 is 2.32 bits per heavy atom. The lowest BCUT2D eigenvalue weighted by Crippen LogP contribution is -2.38. The van der Waals surface area contributed by atoms with Crippen molar-refractivity contribution in [3.05, 3.63) is 29.8 Å². The molecule has 25 heavy (non-hydrogen) atoms. The number of nitrogens with one attached hydrogen (secondary N) is 1. The monoisotopic (exact) mass is 478 g/mol. The molecule has 0 atom stereocenters. The Kier molecular flexibility index (Phi) is 7.51. The van der Waals surface area contributed by atoms with Crippen molar-refractivity contribution in [3.8, 4) is 0 Å². The Labute approximate surface area is 167 Å². The van der Waals surface area contributed by atoms with Crippen molar-refractivity contribution in [2.75, 3.05) is 13.1 Å². The molecule has 1 aliphatic heterocycles. The van der Waals surface area contributed by atoms with E-state index in [0.717, 1.165) is 31.2 Å². The van der Waals surface area contributed by atoms with Crippen molar-refractivity contribution in [2.24, 2.45) is 10.7 Å². The SMILES string of the molecule is I.NC(=NCc1ccc(S(=O)(=O)N2CCCC2)cc1)NC1CCCC1. The van der Waals surface area contributed by atoms with E-state index in [-0.39, 0.29) is 24.0 Å². The lowest BCUT2D eigenvalue weighted by atomic mass is 10.2. The van der Waals surface area contributed by atoms with Gasteiger partial charge in [-0.1, -0.05) is 25.0 Å². The summed E-state index contributed by atoms with van der Waals surface area (Å²) in [6, 6.07) is 7.41.